The maximum absolute atomic E-state index is 13.9. The molecule has 6 aromatic rings. The van der Waals surface area contributed by atoms with Gasteiger partial charge in [0.25, 0.3) is 40.5 Å². The molecule has 63 heavy (non-hydrogen) atoms. The van der Waals surface area contributed by atoms with E-state index in [4.69, 9.17) is 16.7 Å². The summed E-state index contributed by atoms with van der Waals surface area (Å²) in [7, 11) is -18.2. The summed E-state index contributed by atoms with van der Waals surface area (Å²) >= 11 is 13.2. The molecule has 0 aliphatic heterocycles. The van der Waals surface area contributed by atoms with E-state index in [9.17, 15) is 33.7 Å². The predicted molar refractivity (Wildman–Crippen MR) is 250 cm³/mol. The Morgan fingerprint density at radius 1 is 0.381 bits per heavy atom. The molecule has 0 amide bonds. The van der Waals surface area contributed by atoms with Gasteiger partial charge >= 0.3 is 0 Å². The molecule has 0 spiro atoms. The van der Waals surface area contributed by atoms with E-state index in [0.29, 0.717) is 34.4 Å². The fourth-order valence-electron chi connectivity index (χ4n) is 7.50. The Bertz CT molecular complexity index is 2710. The number of halogens is 4. The first-order valence-electron chi connectivity index (χ1n) is 18.8. The molecular weight excluding hydrogens is 1160 g/mol. The SMILES string of the molecule is O=S(=O)(OCC1(COS(=O)(=O)c2ccc(Br)cc2)Cc2cccc3cccc(c23)CC(COS(=O)(=O)c2ccc(Br)cc2)(COS(=O)(=O)c2ccc(Br)cc2)C1)c1ccc(Br)cc1. The first-order valence-corrected chi connectivity index (χ1v) is 27.6. The molecule has 0 saturated heterocycles. The zero-order valence-electron chi connectivity index (χ0n) is 32.7. The van der Waals surface area contributed by atoms with Crippen molar-refractivity contribution in [2.24, 2.45) is 10.8 Å². The molecule has 0 unspecified atom stereocenters. The number of hydrogen-bond donors (Lipinski definition) is 0. The highest BCUT2D eigenvalue weighted by Gasteiger charge is 2.48. The van der Waals surface area contributed by atoms with Gasteiger partial charge in [0.05, 0.1) is 46.0 Å². The van der Waals surface area contributed by atoms with Gasteiger partial charge in [0.1, 0.15) is 0 Å². The molecule has 332 valence electrons. The van der Waals surface area contributed by atoms with Gasteiger partial charge in [-0.05, 0) is 138 Å². The van der Waals surface area contributed by atoms with E-state index in [0.717, 1.165) is 5.39 Å². The van der Waals surface area contributed by atoms with Crippen LogP contribution in [0.2, 0.25) is 0 Å². The summed E-state index contributed by atoms with van der Waals surface area (Å²) in [5.41, 5.74) is -2.00. The minimum atomic E-state index is -4.54. The lowest BCUT2D eigenvalue weighted by atomic mass is 9.64. The van der Waals surface area contributed by atoms with E-state index in [1.807, 2.05) is 36.4 Å². The van der Waals surface area contributed by atoms with Crippen LogP contribution < -0.4 is 0 Å². The van der Waals surface area contributed by atoms with Crippen molar-refractivity contribution in [2.45, 2.75) is 38.8 Å². The zero-order chi connectivity index (χ0) is 45.3. The molecule has 0 N–H and O–H groups in total. The lowest BCUT2D eigenvalue weighted by molar-refractivity contribution is -0.0117. The number of hydrogen-bond acceptors (Lipinski definition) is 12. The second kappa shape index (κ2) is 19.2. The third-order valence-corrected chi connectivity index (χ3v) is 17.7. The first-order chi connectivity index (χ1) is 29.7. The minimum absolute atomic E-state index is 0.0895. The fourth-order valence-corrected chi connectivity index (χ4v) is 12.6. The topological polar surface area (TPSA) is 173 Å². The van der Waals surface area contributed by atoms with Crippen molar-refractivity contribution in [3.8, 4) is 0 Å². The Kier molecular flexibility index (Phi) is 14.6. The second-order valence-electron chi connectivity index (χ2n) is 15.1. The van der Waals surface area contributed by atoms with E-state index in [2.05, 4.69) is 63.7 Å². The summed E-state index contributed by atoms with van der Waals surface area (Å²) in [5.74, 6) is 0. The molecule has 12 nitrogen and oxygen atoms in total. The van der Waals surface area contributed by atoms with Gasteiger partial charge in [0.15, 0.2) is 0 Å². The van der Waals surface area contributed by atoms with Gasteiger partial charge in [-0.15, -0.1) is 0 Å². The Balaban J connectivity index is 1.41. The average Bonchev–Trinajstić information content (AvgIpc) is 3.24. The second-order valence-corrected chi connectivity index (χ2v) is 25.3. The van der Waals surface area contributed by atoms with Gasteiger partial charge in [-0.25, -0.2) is 0 Å². The van der Waals surface area contributed by atoms with Crippen molar-refractivity contribution in [2.75, 3.05) is 26.4 Å². The highest BCUT2D eigenvalue weighted by molar-refractivity contribution is 9.11. The summed E-state index contributed by atoms with van der Waals surface area (Å²) in [4.78, 5) is -0.772. The van der Waals surface area contributed by atoms with Gasteiger partial charge in [0, 0.05) is 28.7 Å². The van der Waals surface area contributed by atoms with Gasteiger partial charge in [-0.2, -0.15) is 33.7 Å². The van der Waals surface area contributed by atoms with E-state index in [1.165, 1.54) is 97.1 Å². The molecule has 0 heterocycles. The predicted octanol–water partition coefficient (Wildman–Crippen LogP) is 9.97. The van der Waals surface area contributed by atoms with Gasteiger partial charge < -0.3 is 0 Å². The summed E-state index contributed by atoms with van der Waals surface area (Å²) in [6.07, 6.45) is -0.524. The van der Waals surface area contributed by atoms with Crippen LogP contribution in [0, 0.1) is 10.8 Å². The van der Waals surface area contributed by atoms with Crippen molar-refractivity contribution >= 4 is 115 Å². The van der Waals surface area contributed by atoms with Crippen LogP contribution in [0.3, 0.4) is 0 Å². The Morgan fingerprint density at radius 3 is 0.889 bits per heavy atom. The Morgan fingerprint density at radius 2 is 0.635 bits per heavy atom. The van der Waals surface area contributed by atoms with Crippen molar-refractivity contribution in [3.63, 3.8) is 0 Å². The molecular formula is C43H36Br4O12S4. The normalized spacial score (nSPS) is 15.4. The van der Waals surface area contributed by atoms with E-state index >= 15 is 0 Å². The van der Waals surface area contributed by atoms with Crippen molar-refractivity contribution in [1.29, 1.82) is 0 Å². The van der Waals surface area contributed by atoms with Crippen LogP contribution >= 0.6 is 63.7 Å². The monoisotopic (exact) mass is 1190 g/mol. The molecule has 0 aromatic heterocycles. The van der Waals surface area contributed by atoms with E-state index in [1.54, 1.807) is 0 Å². The molecule has 1 aliphatic carbocycles. The molecule has 0 radical (unpaired) electrons. The highest BCUT2D eigenvalue weighted by atomic mass is 79.9. The van der Waals surface area contributed by atoms with Crippen molar-refractivity contribution in [1.82, 2.24) is 0 Å². The molecule has 7 rings (SSSR count). The molecule has 0 fully saturated rings. The van der Waals surface area contributed by atoms with E-state index in [-0.39, 0.29) is 38.8 Å². The van der Waals surface area contributed by atoms with Crippen LogP contribution in [0.5, 0.6) is 0 Å². The van der Waals surface area contributed by atoms with Gasteiger partial charge in [-0.1, -0.05) is 100 Å². The zero-order valence-corrected chi connectivity index (χ0v) is 42.3. The summed E-state index contributed by atoms with van der Waals surface area (Å²) in [6, 6.07) is 33.8. The van der Waals surface area contributed by atoms with Crippen LogP contribution in [-0.2, 0) is 70.0 Å². The molecule has 1 aliphatic rings. The maximum atomic E-state index is 13.9. The third-order valence-electron chi connectivity index (χ3n) is 10.4. The standard InChI is InChI=1S/C43H36Br4O12S4/c44-33-7-15-37(16-8-33)60(48,49)56-26-42(27-57-61(50,51)38-17-9-34(45)10-18-38)23-31-5-1-3-30-4-2-6-32(41(30)31)24-43(25-42,28-58-62(52,53)39-19-11-35(46)12-20-39)29-59-63(54,55)40-21-13-36(47)14-22-40/h1-22H,23-29H2. The Labute approximate surface area is 400 Å². The summed E-state index contributed by atoms with van der Waals surface area (Å²) < 4.78 is 137. The van der Waals surface area contributed by atoms with Crippen LogP contribution in [0.4, 0.5) is 0 Å². The van der Waals surface area contributed by atoms with Gasteiger partial charge in [-0.3, -0.25) is 16.7 Å². The lowest BCUT2D eigenvalue weighted by Gasteiger charge is -2.44. The van der Waals surface area contributed by atoms with E-state index < -0.39 is 77.7 Å². The van der Waals surface area contributed by atoms with Crippen LogP contribution in [0.15, 0.2) is 171 Å². The summed E-state index contributed by atoms with van der Waals surface area (Å²) in [6.45, 7) is -2.83. The number of rotatable bonds is 16. The molecule has 6 aromatic carbocycles. The van der Waals surface area contributed by atoms with Crippen LogP contribution in [-0.4, -0.2) is 60.1 Å². The molecule has 0 bridgehead atoms. The minimum Gasteiger partial charge on any atom is -0.266 e. The molecule has 20 heteroatoms. The summed E-state index contributed by atoms with van der Waals surface area (Å²) in [5, 5.41) is 1.46. The van der Waals surface area contributed by atoms with Crippen molar-refractivity contribution in [3.05, 3.63) is 162 Å². The maximum Gasteiger partial charge on any atom is 0.296 e. The van der Waals surface area contributed by atoms with Crippen molar-refractivity contribution < 1.29 is 50.4 Å². The van der Waals surface area contributed by atoms with Gasteiger partial charge in [0.2, 0.25) is 0 Å². The highest BCUT2D eigenvalue weighted by Crippen LogP contribution is 2.47. The fraction of sp³-hybridized carbons (Fsp3) is 0.209. The first kappa shape index (κ1) is 48.1. The Hall–Kier alpha value is -2.86. The molecule has 0 atom stereocenters. The lowest BCUT2D eigenvalue weighted by Crippen LogP contribution is -2.47. The largest absolute Gasteiger partial charge is 0.296 e. The molecule has 0 saturated carbocycles. The smallest absolute Gasteiger partial charge is 0.266 e. The quantitative estimate of drug-likeness (QED) is 0.0841. The average molecular weight is 1190 g/mol. The van der Waals surface area contributed by atoms with Crippen LogP contribution in [0.25, 0.3) is 10.8 Å². The third kappa shape index (κ3) is 11.6. The number of benzene rings is 6. The van der Waals surface area contributed by atoms with Crippen LogP contribution in [0.1, 0.15) is 17.5 Å².